The maximum Gasteiger partial charge on any atom is 0.237 e. The monoisotopic (exact) mass is 428 g/mol. The normalized spacial score (nSPS) is 11.7. The van der Waals surface area contributed by atoms with Gasteiger partial charge in [-0.1, -0.05) is 12.1 Å². The first-order chi connectivity index (χ1) is 14.6. The highest BCUT2D eigenvalue weighted by atomic mass is 32.1. The number of aryl methyl sites for hydroxylation is 2. The fourth-order valence-electron chi connectivity index (χ4n) is 3.46. The van der Waals surface area contributed by atoms with Gasteiger partial charge in [0.2, 0.25) is 11.8 Å². The maximum atomic E-state index is 5.95. The minimum atomic E-state index is 0.665. The quantitative estimate of drug-likeness (QED) is 0.290. The predicted octanol–water partition coefficient (Wildman–Crippen LogP) is 7.71. The lowest BCUT2D eigenvalue weighted by atomic mass is 10.2. The first kappa shape index (κ1) is 17.6. The van der Waals surface area contributed by atoms with Crippen LogP contribution in [0.4, 0.5) is 0 Å². The Bertz CT molecular complexity index is 1420. The van der Waals surface area contributed by atoms with Gasteiger partial charge in [-0.2, -0.15) is 0 Å². The summed E-state index contributed by atoms with van der Waals surface area (Å²) in [5.41, 5.74) is 5.77. The molecule has 0 radical (unpaired) electrons. The molecule has 0 unspecified atom stereocenters. The minimum absolute atomic E-state index is 0.665. The molecule has 0 amide bonds. The van der Waals surface area contributed by atoms with Crippen LogP contribution in [0.5, 0.6) is 0 Å². The van der Waals surface area contributed by atoms with Crippen LogP contribution in [0.2, 0.25) is 0 Å². The molecule has 0 fully saturated rings. The van der Waals surface area contributed by atoms with Gasteiger partial charge in [0.25, 0.3) is 0 Å². The molecule has 0 spiro atoms. The van der Waals surface area contributed by atoms with Gasteiger partial charge in [0, 0.05) is 9.75 Å². The van der Waals surface area contributed by atoms with E-state index in [1.54, 1.807) is 22.7 Å². The number of oxazole rings is 2. The van der Waals surface area contributed by atoms with Crippen LogP contribution in [0, 0.1) is 13.8 Å². The Balaban J connectivity index is 1.33. The van der Waals surface area contributed by atoms with Crippen LogP contribution >= 0.6 is 22.7 Å². The van der Waals surface area contributed by atoms with Crippen molar-refractivity contribution in [2.75, 3.05) is 0 Å². The zero-order chi connectivity index (χ0) is 20.2. The van der Waals surface area contributed by atoms with Crippen molar-refractivity contribution in [3.05, 3.63) is 71.8 Å². The molecule has 4 aromatic heterocycles. The van der Waals surface area contributed by atoms with Gasteiger partial charge >= 0.3 is 0 Å². The second kappa shape index (κ2) is 6.65. The molecular formula is C24H16N2O2S2. The molecule has 0 saturated heterocycles. The van der Waals surface area contributed by atoms with E-state index in [2.05, 4.69) is 48.1 Å². The van der Waals surface area contributed by atoms with Gasteiger partial charge in [0.15, 0.2) is 11.2 Å². The number of hydrogen-bond donors (Lipinski definition) is 0. The summed E-state index contributed by atoms with van der Waals surface area (Å²) in [7, 11) is 0. The van der Waals surface area contributed by atoms with Crippen molar-refractivity contribution in [1.82, 2.24) is 9.97 Å². The largest absolute Gasteiger partial charge is 0.435 e. The number of fused-ring (bicyclic) bond motifs is 2. The fourth-order valence-corrected chi connectivity index (χ4v) is 5.41. The van der Waals surface area contributed by atoms with E-state index in [1.165, 1.54) is 20.9 Å². The number of thiophene rings is 2. The fraction of sp³-hybridized carbons (Fsp3) is 0.0833. The van der Waals surface area contributed by atoms with Gasteiger partial charge in [-0.15, -0.1) is 22.7 Å². The molecule has 146 valence electrons. The van der Waals surface area contributed by atoms with Crippen molar-refractivity contribution in [2.45, 2.75) is 13.8 Å². The van der Waals surface area contributed by atoms with Crippen molar-refractivity contribution >= 4 is 44.9 Å². The van der Waals surface area contributed by atoms with E-state index >= 15 is 0 Å². The van der Waals surface area contributed by atoms with Crippen molar-refractivity contribution in [3.63, 3.8) is 0 Å². The second-order valence-electron chi connectivity index (χ2n) is 7.31. The molecular weight excluding hydrogens is 412 g/mol. The third-order valence-corrected chi connectivity index (χ3v) is 7.30. The minimum Gasteiger partial charge on any atom is -0.435 e. The Morgan fingerprint density at radius 1 is 0.567 bits per heavy atom. The van der Waals surface area contributed by atoms with E-state index in [9.17, 15) is 0 Å². The van der Waals surface area contributed by atoms with Crippen LogP contribution in [-0.4, -0.2) is 9.97 Å². The standard InChI is InChI=1S/C24H16N2O2S2/c1-13-3-5-17-15(11-13)25-23(27-17)21-9-7-19(29-21)20-8-10-22(30-20)24-26-16-12-14(2)4-6-18(16)28-24/h3-12H,1-2H3. The Morgan fingerprint density at radius 2 is 1.00 bits per heavy atom. The van der Waals surface area contributed by atoms with Crippen molar-refractivity contribution < 1.29 is 8.83 Å². The van der Waals surface area contributed by atoms with Crippen LogP contribution < -0.4 is 0 Å². The molecule has 6 heteroatoms. The molecule has 0 atom stereocenters. The lowest BCUT2D eigenvalue weighted by Gasteiger charge is -1.90. The number of benzene rings is 2. The summed E-state index contributed by atoms with van der Waals surface area (Å²) in [6, 6.07) is 20.5. The van der Waals surface area contributed by atoms with Crippen LogP contribution in [0.15, 0.2) is 69.5 Å². The third kappa shape index (κ3) is 2.96. The third-order valence-electron chi connectivity index (χ3n) is 4.96. The second-order valence-corrected chi connectivity index (χ2v) is 9.48. The lowest BCUT2D eigenvalue weighted by Crippen LogP contribution is -1.72. The van der Waals surface area contributed by atoms with Gasteiger partial charge in [-0.05, 0) is 73.5 Å². The summed E-state index contributed by atoms with van der Waals surface area (Å²) in [6.07, 6.45) is 0. The molecule has 0 saturated carbocycles. The van der Waals surface area contributed by atoms with Crippen LogP contribution in [-0.2, 0) is 0 Å². The number of aromatic nitrogens is 2. The number of nitrogens with zero attached hydrogens (tertiary/aromatic N) is 2. The Hall–Kier alpha value is -3.22. The molecule has 0 N–H and O–H groups in total. The zero-order valence-corrected chi connectivity index (χ0v) is 17.9. The smallest absolute Gasteiger partial charge is 0.237 e. The summed E-state index contributed by atoms with van der Waals surface area (Å²) >= 11 is 3.35. The van der Waals surface area contributed by atoms with Gasteiger partial charge < -0.3 is 8.83 Å². The Labute approximate surface area is 180 Å². The molecule has 0 bridgehead atoms. The molecule has 30 heavy (non-hydrogen) atoms. The van der Waals surface area contributed by atoms with Crippen molar-refractivity contribution in [1.29, 1.82) is 0 Å². The van der Waals surface area contributed by atoms with E-state index < -0.39 is 0 Å². The zero-order valence-electron chi connectivity index (χ0n) is 16.3. The predicted molar refractivity (Wildman–Crippen MR) is 123 cm³/mol. The van der Waals surface area contributed by atoms with E-state index in [4.69, 9.17) is 8.83 Å². The van der Waals surface area contributed by atoms with E-state index in [1.807, 2.05) is 36.4 Å². The summed E-state index contributed by atoms with van der Waals surface area (Å²) in [5.74, 6) is 1.33. The highest BCUT2D eigenvalue weighted by Gasteiger charge is 2.15. The average molecular weight is 429 g/mol. The number of rotatable bonds is 3. The molecule has 6 rings (SSSR count). The molecule has 0 aliphatic rings. The maximum absolute atomic E-state index is 5.95. The topological polar surface area (TPSA) is 52.1 Å². The summed E-state index contributed by atoms with van der Waals surface area (Å²) in [6.45, 7) is 4.12. The van der Waals surface area contributed by atoms with Gasteiger partial charge in [0.05, 0.1) is 9.75 Å². The summed E-state index contributed by atoms with van der Waals surface area (Å²) in [5, 5.41) is 0. The summed E-state index contributed by atoms with van der Waals surface area (Å²) in [4.78, 5) is 13.7. The molecule has 4 nitrogen and oxygen atoms in total. The molecule has 0 aliphatic heterocycles. The Morgan fingerprint density at radius 3 is 1.47 bits per heavy atom. The summed E-state index contributed by atoms with van der Waals surface area (Å²) < 4.78 is 11.9. The van der Waals surface area contributed by atoms with Gasteiger partial charge in [-0.3, -0.25) is 0 Å². The molecule has 6 aromatic rings. The van der Waals surface area contributed by atoms with Crippen LogP contribution in [0.1, 0.15) is 11.1 Å². The molecule has 0 aliphatic carbocycles. The van der Waals surface area contributed by atoms with Gasteiger partial charge in [0.1, 0.15) is 11.0 Å². The van der Waals surface area contributed by atoms with Crippen molar-refractivity contribution in [2.24, 2.45) is 0 Å². The van der Waals surface area contributed by atoms with E-state index in [0.29, 0.717) is 11.8 Å². The van der Waals surface area contributed by atoms with E-state index in [-0.39, 0.29) is 0 Å². The van der Waals surface area contributed by atoms with Crippen molar-refractivity contribution in [3.8, 4) is 31.3 Å². The first-order valence-corrected chi connectivity index (χ1v) is 11.2. The molecule has 4 heterocycles. The lowest BCUT2D eigenvalue weighted by molar-refractivity contribution is 0.621. The SMILES string of the molecule is Cc1ccc2oc(-c3ccc(-c4ccc(-c5nc6cc(C)ccc6o5)s4)s3)nc2c1. The molecule has 2 aromatic carbocycles. The highest BCUT2D eigenvalue weighted by molar-refractivity contribution is 7.25. The number of hydrogen-bond acceptors (Lipinski definition) is 6. The van der Waals surface area contributed by atoms with Crippen LogP contribution in [0.25, 0.3) is 53.5 Å². The van der Waals surface area contributed by atoms with E-state index in [0.717, 1.165) is 32.0 Å². The van der Waals surface area contributed by atoms with Gasteiger partial charge in [-0.25, -0.2) is 9.97 Å². The average Bonchev–Trinajstić information content (AvgIpc) is 3.49. The first-order valence-electron chi connectivity index (χ1n) is 9.57. The van der Waals surface area contributed by atoms with Crippen LogP contribution in [0.3, 0.4) is 0 Å². The highest BCUT2D eigenvalue weighted by Crippen LogP contribution is 2.41. The Kier molecular flexibility index (Phi) is 3.91.